The van der Waals surface area contributed by atoms with Crippen molar-refractivity contribution in [1.29, 1.82) is 0 Å². The number of nitrogens with zero attached hydrogens (tertiary/aromatic N) is 1. The van der Waals surface area contributed by atoms with E-state index in [1.165, 1.54) is 4.57 Å². The third-order valence-corrected chi connectivity index (χ3v) is 4.41. The van der Waals surface area contributed by atoms with Crippen LogP contribution in [0, 0.1) is 0 Å². The summed E-state index contributed by atoms with van der Waals surface area (Å²) < 4.78 is 7.08. The van der Waals surface area contributed by atoms with Crippen molar-refractivity contribution >= 4 is 11.6 Å². The smallest absolute Gasteiger partial charge is 0.239 e. The monoisotopic (exact) mass is 385 g/mol. The molecule has 0 aliphatic heterocycles. The minimum absolute atomic E-state index is 0.112. The van der Waals surface area contributed by atoms with Crippen LogP contribution in [0.25, 0.3) is 0 Å². The van der Waals surface area contributed by atoms with Crippen LogP contribution in [0.15, 0.2) is 65.6 Å². The number of aliphatic hydroxyl groups is 1. The van der Waals surface area contributed by atoms with Gasteiger partial charge in [0.05, 0.1) is 6.61 Å². The fraction of sp³-hybridized carbons (Fsp3) is 0.190. The van der Waals surface area contributed by atoms with Gasteiger partial charge < -0.3 is 19.5 Å². The Morgan fingerprint density at radius 3 is 2.37 bits per heavy atom. The van der Waals surface area contributed by atoms with E-state index in [0.29, 0.717) is 17.0 Å². The van der Waals surface area contributed by atoms with Gasteiger partial charge >= 0.3 is 0 Å². The molecule has 27 heavy (non-hydrogen) atoms. The fourth-order valence-electron chi connectivity index (χ4n) is 2.77. The maximum Gasteiger partial charge on any atom is 0.239 e. The Labute approximate surface area is 162 Å². The molecule has 0 spiro atoms. The van der Waals surface area contributed by atoms with E-state index in [0.717, 1.165) is 11.1 Å². The van der Waals surface area contributed by atoms with Gasteiger partial charge in [0.15, 0.2) is 0 Å². The molecule has 0 atom stereocenters. The summed E-state index contributed by atoms with van der Waals surface area (Å²) in [5.74, 6) is -0.399. The average Bonchev–Trinajstić information content (AvgIpc) is 2.68. The molecule has 0 radical (unpaired) electrons. The molecular weight excluding hydrogens is 366 g/mol. The fourth-order valence-corrected chi connectivity index (χ4v) is 2.90. The van der Waals surface area contributed by atoms with E-state index in [1.54, 1.807) is 18.3 Å². The number of pyridine rings is 1. The molecule has 0 saturated heterocycles. The average molecular weight is 386 g/mol. The first kappa shape index (κ1) is 19.0. The summed E-state index contributed by atoms with van der Waals surface area (Å²) in [6, 6.07) is 16.6. The zero-order chi connectivity index (χ0) is 19.2. The molecule has 0 aliphatic rings. The van der Waals surface area contributed by atoms with Gasteiger partial charge in [0.2, 0.25) is 17.1 Å². The Hall–Kier alpha value is -2.76. The Morgan fingerprint density at radius 1 is 1.00 bits per heavy atom. The second-order valence-electron chi connectivity index (χ2n) is 6.13. The SMILES string of the molecule is O=c1c(Cc2ccc(Cl)cc2)cn(CCO)c(O)c1OCc1ccccc1. The molecule has 2 N–H and O–H groups in total. The minimum atomic E-state index is -0.368. The minimum Gasteiger partial charge on any atom is -0.492 e. The highest BCUT2D eigenvalue weighted by Crippen LogP contribution is 2.24. The topological polar surface area (TPSA) is 71.7 Å². The number of rotatable bonds is 7. The maximum atomic E-state index is 12.9. The summed E-state index contributed by atoms with van der Waals surface area (Å²) in [6.45, 7) is 0.142. The van der Waals surface area contributed by atoms with Crippen molar-refractivity contribution in [3.05, 3.63) is 92.7 Å². The number of benzene rings is 2. The first-order valence-corrected chi connectivity index (χ1v) is 8.93. The van der Waals surface area contributed by atoms with Gasteiger partial charge in [-0.15, -0.1) is 0 Å². The highest BCUT2D eigenvalue weighted by Gasteiger charge is 2.17. The van der Waals surface area contributed by atoms with Gasteiger partial charge in [-0.05, 0) is 23.3 Å². The summed E-state index contributed by atoms with van der Waals surface area (Å²) in [4.78, 5) is 12.9. The van der Waals surface area contributed by atoms with Gasteiger partial charge in [-0.1, -0.05) is 54.1 Å². The first-order chi connectivity index (χ1) is 13.1. The van der Waals surface area contributed by atoms with E-state index < -0.39 is 0 Å². The van der Waals surface area contributed by atoms with Gasteiger partial charge in [0, 0.05) is 29.7 Å². The number of ether oxygens (including phenoxy) is 1. The van der Waals surface area contributed by atoms with Crippen molar-refractivity contribution in [2.75, 3.05) is 6.61 Å². The number of aromatic nitrogens is 1. The van der Waals surface area contributed by atoms with E-state index in [2.05, 4.69) is 0 Å². The largest absolute Gasteiger partial charge is 0.492 e. The molecule has 3 rings (SSSR count). The maximum absolute atomic E-state index is 12.9. The highest BCUT2D eigenvalue weighted by atomic mass is 35.5. The van der Waals surface area contributed by atoms with Crippen LogP contribution in [0.2, 0.25) is 5.02 Å². The highest BCUT2D eigenvalue weighted by molar-refractivity contribution is 6.30. The van der Waals surface area contributed by atoms with Crippen molar-refractivity contribution in [2.24, 2.45) is 0 Å². The number of hydrogen-bond donors (Lipinski definition) is 2. The lowest BCUT2D eigenvalue weighted by Crippen LogP contribution is -2.18. The summed E-state index contributed by atoms with van der Waals surface area (Å²) in [5.41, 5.74) is 1.89. The Balaban J connectivity index is 1.94. The van der Waals surface area contributed by atoms with Crippen molar-refractivity contribution in [1.82, 2.24) is 4.57 Å². The summed E-state index contributed by atoms with van der Waals surface area (Å²) in [6.07, 6.45) is 1.92. The second-order valence-corrected chi connectivity index (χ2v) is 6.57. The van der Waals surface area contributed by atoms with Crippen molar-refractivity contribution < 1.29 is 14.9 Å². The van der Waals surface area contributed by atoms with Crippen LogP contribution in [-0.2, 0) is 19.6 Å². The molecule has 1 heterocycles. The normalized spacial score (nSPS) is 10.7. The summed E-state index contributed by atoms with van der Waals surface area (Å²) >= 11 is 5.91. The van der Waals surface area contributed by atoms with E-state index >= 15 is 0 Å². The molecule has 0 amide bonds. The summed E-state index contributed by atoms with van der Waals surface area (Å²) in [7, 11) is 0. The van der Waals surface area contributed by atoms with Crippen molar-refractivity contribution in [3.63, 3.8) is 0 Å². The Kier molecular flexibility index (Phi) is 6.16. The van der Waals surface area contributed by atoms with E-state index in [1.807, 2.05) is 42.5 Å². The predicted octanol–water partition coefficient (Wildman–Crippen LogP) is 3.37. The molecule has 1 aromatic heterocycles. The quantitative estimate of drug-likeness (QED) is 0.654. The van der Waals surface area contributed by atoms with Crippen LogP contribution in [0.3, 0.4) is 0 Å². The molecule has 0 aliphatic carbocycles. The standard InChI is InChI=1S/C21H20ClNO4/c22-18-8-6-15(7-9-18)12-17-13-23(10-11-24)21(26)20(19(17)25)27-14-16-4-2-1-3-5-16/h1-9,13,24,26H,10-12,14H2. The number of halogens is 1. The zero-order valence-electron chi connectivity index (χ0n) is 14.6. The molecule has 6 heteroatoms. The molecule has 3 aromatic rings. The lowest BCUT2D eigenvalue weighted by molar-refractivity contribution is 0.249. The van der Waals surface area contributed by atoms with Crippen molar-refractivity contribution in [3.8, 4) is 11.6 Å². The lowest BCUT2D eigenvalue weighted by atomic mass is 10.1. The molecule has 0 saturated carbocycles. The van der Waals surface area contributed by atoms with E-state index in [-0.39, 0.29) is 36.8 Å². The summed E-state index contributed by atoms with van der Waals surface area (Å²) in [5, 5.41) is 20.3. The third kappa shape index (κ3) is 4.70. The predicted molar refractivity (Wildman–Crippen MR) is 104 cm³/mol. The van der Waals surface area contributed by atoms with E-state index in [4.69, 9.17) is 16.3 Å². The number of hydrogen-bond acceptors (Lipinski definition) is 4. The van der Waals surface area contributed by atoms with Crippen LogP contribution < -0.4 is 10.2 Å². The van der Waals surface area contributed by atoms with Gasteiger partial charge in [0.1, 0.15) is 6.61 Å². The van der Waals surface area contributed by atoms with Crippen LogP contribution in [0.4, 0.5) is 0 Å². The molecule has 0 fully saturated rings. The molecular formula is C21H20ClNO4. The molecule has 2 aromatic carbocycles. The van der Waals surface area contributed by atoms with Gasteiger partial charge in [-0.25, -0.2) is 0 Å². The van der Waals surface area contributed by atoms with Crippen LogP contribution in [0.5, 0.6) is 11.6 Å². The van der Waals surface area contributed by atoms with Crippen LogP contribution >= 0.6 is 11.6 Å². The molecule has 0 bridgehead atoms. The van der Waals surface area contributed by atoms with Gasteiger partial charge in [0.25, 0.3) is 0 Å². The number of aliphatic hydroxyl groups excluding tert-OH is 1. The first-order valence-electron chi connectivity index (χ1n) is 8.56. The number of aromatic hydroxyl groups is 1. The Morgan fingerprint density at radius 2 is 1.70 bits per heavy atom. The Bertz CT molecular complexity index is 952. The third-order valence-electron chi connectivity index (χ3n) is 4.16. The van der Waals surface area contributed by atoms with Crippen molar-refractivity contribution in [2.45, 2.75) is 19.6 Å². The van der Waals surface area contributed by atoms with Crippen LogP contribution in [-0.4, -0.2) is 21.4 Å². The van der Waals surface area contributed by atoms with E-state index in [9.17, 15) is 15.0 Å². The molecule has 0 unspecified atom stereocenters. The van der Waals surface area contributed by atoms with Crippen LogP contribution in [0.1, 0.15) is 16.7 Å². The van der Waals surface area contributed by atoms with Gasteiger partial charge in [-0.3, -0.25) is 4.79 Å². The molecule has 140 valence electrons. The molecule has 5 nitrogen and oxygen atoms in total. The van der Waals surface area contributed by atoms with Gasteiger partial charge in [-0.2, -0.15) is 0 Å². The zero-order valence-corrected chi connectivity index (χ0v) is 15.4. The lowest BCUT2D eigenvalue weighted by Gasteiger charge is -2.15. The second kappa shape index (κ2) is 8.75.